The zero-order chi connectivity index (χ0) is 78.8. The summed E-state index contributed by atoms with van der Waals surface area (Å²) >= 11 is 5.51. The molecule has 0 saturated carbocycles. The number of quaternary nitrogens is 2. The molecule has 0 N–H and O–H groups in total. The van der Waals surface area contributed by atoms with E-state index in [0.717, 1.165) is 0 Å². The van der Waals surface area contributed by atoms with Gasteiger partial charge in [0.2, 0.25) is 0 Å². The number of benzene rings is 1. The first-order chi connectivity index (χ1) is 53.2. The Bertz CT molecular complexity index is 1440. The van der Waals surface area contributed by atoms with Crippen LogP contribution in [0.4, 0.5) is 0 Å². The first kappa shape index (κ1) is 109. The van der Waals surface area contributed by atoms with Gasteiger partial charge in [-0.3, -0.25) is 0 Å². The van der Waals surface area contributed by atoms with E-state index >= 15 is 0 Å². The topological polar surface area (TPSA) is 46.1 Å². The molecule has 0 aliphatic carbocycles. The average Bonchev–Trinajstić information content (AvgIpc) is 0.874. The highest BCUT2D eigenvalue weighted by Gasteiger charge is 2.27. The van der Waals surface area contributed by atoms with Crippen LogP contribution in [0.25, 0.3) is 0 Å². The minimum Gasteiger partial charge on any atom is -0.889 e. The molecule has 0 radical (unpaired) electrons. The average molecular weight is 1540 g/mol. The van der Waals surface area contributed by atoms with Crippen molar-refractivity contribution in [2.45, 2.75) is 569 Å². The molecule has 0 amide bonds. The van der Waals surface area contributed by atoms with E-state index in [1.807, 2.05) is 0 Å². The Morgan fingerprint density at radius 2 is 0.278 bits per heavy atom. The van der Waals surface area contributed by atoms with Gasteiger partial charge in [0.1, 0.15) is 0 Å². The maximum Gasteiger partial charge on any atom is 0.0786 e. The lowest BCUT2D eigenvalue weighted by atomic mass is 9.81. The van der Waals surface area contributed by atoms with E-state index in [2.05, 4.69) is 55.4 Å². The fraction of sp³-hybridized carbons (Fsp3) is 0.941. The molecule has 644 valence electrons. The van der Waals surface area contributed by atoms with Gasteiger partial charge in [-0.25, -0.2) is 0 Å². The van der Waals surface area contributed by atoms with Crippen LogP contribution >= 0.6 is 11.6 Å². The summed E-state index contributed by atoms with van der Waals surface area (Å²) in [5.74, 6) is 0. The van der Waals surface area contributed by atoms with Gasteiger partial charge in [0.25, 0.3) is 0 Å². The van der Waals surface area contributed by atoms with Gasteiger partial charge in [0.15, 0.2) is 0 Å². The molecule has 1 rings (SSSR count). The molecule has 0 atom stereocenters. The Morgan fingerprint density at radius 3 is 0.380 bits per heavy atom. The number of hydrogen-bond donors (Lipinski definition) is 0. The molecule has 0 heterocycles. The third-order valence-corrected chi connectivity index (χ3v) is 25.3. The highest BCUT2D eigenvalue weighted by molar-refractivity contribution is 6.55. The second kappa shape index (κ2) is 93.6. The Hall–Kier alpha value is -0.585. The van der Waals surface area contributed by atoms with E-state index in [1.165, 1.54) is 599 Å². The third-order valence-electron chi connectivity index (χ3n) is 25.0. The van der Waals surface area contributed by atoms with E-state index in [9.17, 15) is 10.0 Å². The number of unbranched alkanes of at least 4 members (excludes halogenated alkanes) is 72. The predicted molar refractivity (Wildman–Crippen MR) is 491 cm³/mol. The molecule has 108 heavy (non-hydrogen) atoms. The van der Waals surface area contributed by atoms with E-state index in [-0.39, 0.29) is 5.46 Å². The molecule has 0 spiro atoms. The first-order valence-corrected chi connectivity index (χ1v) is 51.3. The Balaban J connectivity index is 0. The molecule has 0 unspecified atom stereocenters. The van der Waals surface area contributed by atoms with Crippen molar-refractivity contribution in [1.29, 1.82) is 0 Å². The van der Waals surface area contributed by atoms with Crippen LogP contribution < -0.4 is 15.5 Å². The summed E-state index contributed by atoms with van der Waals surface area (Å²) < 4.78 is 2.98. The van der Waals surface area contributed by atoms with Gasteiger partial charge < -0.3 is 19.0 Å². The predicted octanol–water partition coefficient (Wildman–Crippen LogP) is 33.7. The van der Waals surface area contributed by atoms with Crippen molar-refractivity contribution in [2.75, 3.05) is 52.4 Å². The molecule has 0 fully saturated rings. The van der Waals surface area contributed by atoms with Gasteiger partial charge in [-0.1, -0.05) is 497 Å². The van der Waals surface area contributed by atoms with E-state index in [1.54, 1.807) is 0 Å². The van der Waals surface area contributed by atoms with Crippen molar-refractivity contribution in [3.05, 3.63) is 29.3 Å². The number of halogens is 1. The van der Waals surface area contributed by atoms with Gasteiger partial charge in [-0.05, 0) is 115 Å². The van der Waals surface area contributed by atoms with Crippen LogP contribution in [0.1, 0.15) is 569 Å². The van der Waals surface area contributed by atoms with E-state index in [4.69, 9.17) is 11.6 Å². The second-order valence-corrected chi connectivity index (χ2v) is 36.2. The molecule has 1 aromatic carbocycles. The molecule has 0 saturated heterocycles. The zero-order valence-electron chi connectivity index (χ0n) is 76.2. The molecule has 4 nitrogen and oxygen atoms in total. The van der Waals surface area contributed by atoms with Crippen molar-refractivity contribution in [1.82, 2.24) is 0 Å². The van der Waals surface area contributed by atoms with Crippen LogP contribution in [0.5, 0.6) is 0 Å². The van der Waals surface area contributed by atoms with Crippen LogP contribution in [-0.2, 0) is 0 Å². The molecule has 0 aliphatic rings. The molecule has 1 aromatic rings. The van der Waals surface area contributed by atoms with Gasteiger partial charge in [0, 0.05) is 5.02 Å². The van der Waals surface area contributed by atoms with Crippen molar-refractivity contribution < 1.29 is 19.0 Å². The van der Waals surface area contributed by atoms with Crippen LogP contribution in [0.15, 0.2) is 24.3 Å². The largest absolute Gasteiger partial charge is 0.889 e. The van der Waals surface area contributed by atoms with Gasteiger partial charge >= 0.3 is 0 Å². The summed E-state index contributed by atoms with van der Waals surface area (Å²) in [5.41, 5.74) is 0.226. The fourth-order valence-corrected chi connectivity index (χ4v) is 17.6. The lowest BCUT2D eigenvalue weighted by Gasteiger charge is -2.40. The van der Waals surface area contributed by atoms with Crippen LogP contribution in [0.3, 0.4) is 0 Å². The number of hydrogen-bond acceptors (Lipinski definition) is 2. The summed E-state index contributed by atoms with van der Waals surface area (Å²) in [4.78, 5) is 0. The van der Waals surface area contributed by atoms with Crippen LogP contribution in [0.2, 0.25) is 5.02 Å². The Morgan fingerprint density at radius 1 is 0.176 bits per heavy atom. The summed E-state index contributed by atoms with van der Waals surface area (Å²) in [7, 11) is -1.91. The van der Waals surface area contributed by atoms with Crippen molar-refractivity contribution in [3.63, 3.8) is 0 Å². The van der Waals surface area contributed by atoms with Crippen molar-refractivity contribution >= 4 is 24.2 Å². The monoisotopic (exact) mass is 1540 g/mol. The molecule has 0 bridgehead atoms. The van der Waals surface area contributed by atoms with Crippen LogP contribution in [0, 0.1) is 0 Å². The number of rotatable bonds is 89. The molecule has 0 aliphatic heterocycles. The second-order valence-electron chi connectivity index (χ2n) is 35.8. The Labute approximate surface area is 689 Å². The normalized spacial score (nSPS) is 11.8. The van der Waals surface area contributed by atoms with Gasteiger partial charge in [-0.15, -0.1) is 5.46 Å². The van der Waals surface area contributed by atoms with E-state index < -0.39 is 7.12 Å². The highest BCUT2D eigenvalue weighted by Crippen LogP contribution is 2.26. The summed E-state index contributed by atoms with van der Waals surface area (Å²) in [5, 5.41) is 21.0. The van der Waals surface area contributed by atoms with Crippen molar-refractivity contribution in [3.8, 4) is 0 Å². The molecule has 0 aromatic heterocycles. The van der Waals surface area contributed by atoms with Gasteiger partial charge in [0.05, 0.1) is 52.4 Å². The van der Waals surface area contributed by atoms with Gasteiger partial charge in [-0.2, -0.15) is 0 Å². The molecule has 6 heteroatoms. The lowest BCUT2D eigenvalue weighted by molar-refractivity contribution is -0.929. The fourth-order valence-electron chi connectivity index (χ4n) is 17.4. The summed E-state index contributed by atoms with van der Waals surface area (Å²) in [6, 6.07) is 5.93. The minimum atomic E-state index is -1.91. The quantitative estimate of drug-likeness (QED) is 0.0371. The standard InChI is InChI=1S/2C48H100N.C6H4BClO2/c2*1-5-9-13-17-21-25-29-33-37-41-45-49(46-42-38-34-30-26-22-18-14-10-6-2,47-43-39-35-31-27-23-19-15-11-7-3)48-44-40-36-32-28-24-20-16-12-8-4;8-6-3-1-5(2-4-6)7(9)10/h2*5-48H2,1-4H3;1-4H/q2*+1;-2. The van der Waals surface area contributed by atoms with Crippen LogP contribution in [-0.4, -0.2) is 68.4 Å². The summed E-state index contributed by atoms with van der Waals surface area (Å²) in [6.45, 7) is 30.6. The lowest BCUT2D eigenvalue weighted by Crippen LogP contribution is -2.55. The third kappa shape index (κ3) is 83.4. The first-order valence-electron chi connectivity index (χ1n) is 51.0. The highest BCUT2D eigenvalue weighted by atomic mass is 35.5. The van der Waals surface area contributed by atoms with E-state index in [0.29, 0.717) is 5.02 Å². The minimum absolute atomic E-state index is 0.226. The Kier molecular flexibility index (Phi) is 94.8. The molecular weight excluding hydrogens is 1330 g/mol. The maximum atomic E-state index is 10.2. The SMILES string of the molecule is CCCCCCCCCCCC[N+](CCCCCCCCCCCC)(CCCCCCCCCCCC)CCCCCCCCCCCC.CCCCCCCCCCCC[N+](CCCCCCCCCCCC)(CCCCCCCCCCCC)CCCCCCCCCCCC.[O-]B([O-])c1ccc(Cl)cc1. The zero-order valence-corrected chi connectivity index (χ0v) is 77.0. The number of nitrogens with zero attached hydrogens (tertiary/aromatic N) is 2. The molecular formula is C102H204BClN2O2. The smallest absolute Gasteiger partial charge is 0.0786 e. The summed E-state index contributed by atoms with van der Waals surface area (Å²) in [6.07, 6.45) is 117. The maximum absolute atomic E-state index is 10.2. The van der Waals surface area contributed by atoms with Crippen molar-refractivity contribution in [2.24, 2.45) is 0 Å².